The Hall–Kier alpha value is -0.660. The van der Waals surface area contributed by atoms with E-state index in [4.69, 9.17) is 40.5 Å². The van der Waals surface area contributed by atoms with E-state index in [1.165, 1.54) is 30.3 Å². The molecular formula is C12H8BrCl3N2O2S. The van der Waals surface area contributed by atoms with Crippen LogP contribution in [0.5, 0.6) is 0 Å². The van der Waals surface area contributed by atoms with Gasteiger partial charge in [0.1, 0.15) is 4.90 Å². The van der Waals surface area contributed by atoms with Gasteiger partial charge in [-0.15, -0.1) is 0 Å². The molecule has 0 heterocycles. The summed E-state index contributed by atoms with van der Waals surface area (Å²) in [5, 5.41) is 0.344. The summed E-state index contributed by atoms with van der Waals surface area (Å²) < 4.78 is 27.7. The molecule has 112 valence electrons. The zero-order valence-electron chi connectivity index (χ0n) is 10.2. The molecule has 0 bridgehead atoms. The van der Waals surface area contributed by atoms with E-state index in [0.717, 1.165) is 0 Å². The molecule has 0 unspecified atom stereocenters. The van der Waals surface area contributed by atoms with Crippen LogP contribution in [0, 0.1) is 0 Å². The number of hydrogen-bond donors (Lipinski definition) is 2. The summed E-state index contributed by atoms with van der Waals surface area (Å²) >= 11 is 21.1. The van der Waals surface area contributed by atoms with E-state index in [1.807, 2.05) is 0 Å². The summed E-state index contributed by atoms with van der Waals surface area (Å²) in [7, 11) is -3.97. The predicted octanol–water partition coefficient (Wildman–Crippen LogP) is 4.79. The molecule has 0 spiro atoms. The molecule has 0 aromatic heterocycles. The molecule has 0 atom stereocenters. The van der Waals surface area contributed by atoms with Crippen molar-refractivity contribution in [2.75, 3.05) is 10.5 Å². The summed E-state index contributed by atoms with van der Waals surface area (Å²) in [6.07, 6.45) is 0. The van der Waals surface area contributed by atoms with E-state index < -0.39 is 10.0 Å². The molecule has 0 saturated carbocycles. The third-order valence-electron chi connectivity index (χ3n) is 2.49. The Bertz CT molecular complexity index is 789. The minimum atomic E-state index is -3.97. The molecule has 0 aliphatic heterocycles. The topological polar surface area (TPSA) is 72.2 Å². The standard InChI is InChI=1S/C12H8BrCl3N2O2S/c13-6-3-9(15)12(10(16)4-6)18-21(19,20)11-5-7(17)1-2-8(11)14/h1-5,18H,17H2. The quantitative estimate of drug-likeness (QED) is 0.688. The van der Waals surface area contributed by atoms with Gasteiger partial charge in [0, 0.05) is 10.2 Å². The highest BCUT2D eigenvalue weighted by atomic mass is 79.9. The number of halogens is 4. The molecule has 0 radical (unpaired) electrons. The maximum Gasteiger partial charge on any atom is 0.263 e. The van der Waals surface area contributed by atoms with Crippen LogP contribution in [-0.4, -0.2) is 8.42 Å². The molecule has 2 aromatic rings. The van der Waals surface area contributed by atoms with E-state index in [2.05, 4.69) is 20.7 Å². The van der Waals surface area contributed by atoms with Crippen LogP contribution in [0.25, 0.3) is 0 Å². The lowest BCUT2D eigenvalue weighted by molar-refractivity contribution is 0.601. The normalized spacial score (nSPS) is 11.4. The van der Waals surface area contributed by atoms with Crippen LogP contribution in [0.3, 0.4) is 0 Å². The van der Waals surface area contributed by atoms with Crippen molar-refractivity contribution in [2.24, 2.45) is 0 Å². The third kappa shape index (κ3) is 3.76. The van der Waals surface area contributed by atoms with Crippen molar-refractivity contribution in [1.82, 2.24) is 0 Å². The van der Waals surface area contributed by atoms with Crippen LogP contribution in [0.4, 0.5) is 11.4 Å². The minimum absolute atomic E-state index is 0.0426. The van der Waals surface area contributed by atoms with E-state index in [-0.39, 0.29) is 31.3 Å². The van der Waals surface area contributed by atoms with Gasteiger partial charge in [-0.25, -0.2) is 8.42 Å². The van der Waals surface area contributed by atoms with E-state index in [0.29, 0.717) is 4.47 Å². The van der Waals surface area contributed by atoms with Crippen molar-refractivity contribution >= 4 is 72.1 Å². The zero-order chi connectivity index (χ0) is 15.8. The smallest absolute Gasteiger partial charge is 0.263 e. The molecule has 0 fully saturated rings. The largest absolute Gasteiger partial charge is 0.399 e. The van der Waals surface area contributed by atoms with Crippen LogP contribution >= 0.6 is 50.7 Å². The first kappa shape index (κ1) is 16.7. The monoisotopic (exact) mass is 428 g/mol. The summed E-state index contributed by atoms with van der Waals surface area (Å²) in [5.41, 5.74) is 5.93. The van der Waals surface area contributed by atoms with Gasteiger partial charge < -0.3 is 5.73 Å². The summed E-state index contributed by atoms with van der Waals surface area (Å²) in [5.74, 6) is 0. The predicted molar refractivity (Wildman–Crippen MR) is 90.8 cm³/mol. The van der Waals surface area contributed by atoms with Gasteiger partial charge in [0.25, 0.3) is 10.0 Å². The second-order valence-corrected chi connectivity index (χ2v) is 7.83. The van der Waals surface area contributed by atoms with Gasteiger partial charge >= 0.3 is 0 Å². The van der Waals surface area contributed by atoms with Gasteiger partial charge in [-0.3, -0.25) is 4.72 Å². The number of nitrogen functional groups attached to an aromatic ring is 1. The second-order valence-electron chi connectivity index (χ2n) is 4.04. The van der Waals surface area contributed by atoms with E-state index in [9.17, 15) is 8.42 Å². The first-order valence-corrected chi connectivity index (χ1v) is 8.84. The summed E-state index contributed by atoms with van der Waals surface area (Å²) in [4.78, 5) is -0.154. The fourth-order valence-corrected chi connectivity index (χ4v) is 4.61. The Morgan fingerprint density at radius 2 is 1.57 bits per heavy atom. The van der Waals surface area contributed by atoms with Gasteiger partial charge in [-0.2, -0.15) is 0 Å². The number of anilines is 2. The molecule has 0 aliphatic rings. The lowest BCUT2D eigenvalue weighted by Crippen LogP contribution is -2.14. The number of sulfonamides is 1. The Kier molecular flexibility index (Phi) is 4.95. The molecule has 9 heteroatoms. The number of nitrogens with two attached hydrogens (primary N) is 1. The number of hydrogen-bond acceptors (Lipinski definition) is 3. The Labute approximate surface area is 145 Å². The molecule has 2 rings (SSSR count). The molecule has 0 aliphatic carbocycles. The highest BCUT2D eigenvalue weighted by molar-refractivity contribution is 9.10. The average molecular weight is 431 g/mol. The molecule has 3 N–H and O–H groups in total. The fraction of sp³-hybridized carbons (Fsp3) is 0. The molecule has 21 heavy (non-hydrogen) atoms. The second kappa shape index (κ2) is 6.22. The van der Waals surface area contributed by atoms with Crippen LogP contribution in [0.15, 0.2) is 39.7 Å². The SMILES string of the molecule is Nc1ccc(Cl)c(S(=O)(=O)Nc2c(Cl)cc(Br)cc2Cl)c1. The van der Waals surface area contributed by atoms with Crippen LogP contribution in [0.2, 0.25) is 15.1 Å². The lowest BCUT2D eigenvalue weighted by atomic mass is 10.3. The van der Waals surface area contributed by atoms with Crippen LogP contribution < -0.4 is 10.5 Å². The third-order valence-corrected chi connectivity index (χ3v) is 5.37. The molecule has 0 amide bonds. The van der Waals surface area contributed by atoms with Gasteiger partial charge in [-0.1, -0.05) is 50.7 Å². The lowest BCUT2D eigenvalue weighted by Gasteiger charge is -2.13. The van der Waals surface area contributed by atoms with Crippen molar-refractivity contribution < 1.29 is 8.42 Å². The van der Waals surface area contributed by atoms with E-state index >= 15 is 0 Å². The van der Waals surface area contributed by atoms with E-state index in [1.54, 1.807) is 0 Å². The van der Waals surface area contributed by atoms with Gasteiger partial charge in [0.2, 0.25) is 0 Å². The molecular weight excluding hydrogens is 422 g/mol. The highest BCUT2D eigenvalue weighted by Crippen LogP contribution is 2.36. The summed E-state index contributed by atoms with van der Waals surface area (Å²) in [6.45, 7) is 0. The van der Waals surface area contributed by atoms with Crippen molar-refractivity contribution in [3.63, 3.8) is 0 Å². The molecule has 0 saturated heterocycles. The van der Waals surface area contributed by atoms with Crippen LogP contribution in [-0.2, 0) is 10.0 Å². The first-order valence-electron chi connectivity index (χ1n) is 5.43. The van der Waals surface area contributed by atoms with Crippen molar-refractivity contribution in [1.29, 1.82) is 0 Å². The zero-order valence-corrected chi connectivity index (χ0v) is 14.9. The van der Waals surface area contributed by atoms with Crippen molar-refractivity contribution in [3.05, 3.63) is 49.9 Å². The minimum Gasteiger partial charge on any atom is -0.399 e. The Morgan fingerprint density at radius 3 is 2.14 bits per heavy atom. The number of benzene rings is 2. The average Bonchev–Trinajstić information content (AvgIpc) is 2.36. The Balaban J connectivity index is 2.50. The van der Waals surface area contributed by atoms with Crippen molar-refractivity contribution in [3.8, 4) is 0 Å². The van der Waals surface area contributed by atoms with Crippen molar-refractivity contribution in [2.45, 2.75) is 4.90 Å². The molecule has 2 aromatic carbocycles. The summed E-state index contributed by atoms with van der Waals surface area (Å²) in [6, 6.07) is 7.20. The first-order chi connectivity index (χ1) is 9.70. The fourth-order valence-electron chi connectivity index (χ4n) is 1.55. The number of nitrogens with one attached hydrogen (secondary N) is 1. The maximum absolute atomic E-state index is 12.4. The van der Waals surface area contributed by atoms with Gasteiger partial charge in [0.15, 0.2) is 0 Å². The maximum atomic E-state index is 12.4. The Morgan fingerprint density at radius 1 is 1.00 bits per heavy atom. The van der Waals surface area contributed by atoms with Crippen LogP contribution in [0.1, 0.15) is 0 Å². The van der Waals surface area contributed by atoms with Gasteiger partial charge in [0.05, 0.1) is 20.8 Å². The van der Waals surface area contributed by atoms with Gasteiger partial charge in [-0.05, 0) is 30.3 Å². The number of rotatable bonds is 3. The highest BCUT2D eigenvalue weighted by Gasteiger charge is 2.21. The molecule has 4 nitrogen and oxygen atoms in total.